The number of aliphatic carboxylic acids is 1. The minimum atomic E-state index is -1.19. The maximum Gasteiger partial charge on any atom is 0.326 e. The molecule has 13 nitrogen and oxygen atoms in total. The van der Waals surface area contributed by atoms with Crippen LogP contribution in [0.2, 0.25) is 0 Å². The molecule has 13 heteroatoms. The molecule has 0 aliphatic rings. The molecule has 0 rings (SSSR count). The number of aliphatic imine (C=N–C) groups is 1. The van der Waals surface area contributed by atoms with Gasteiger partial charge in [0.25, 0.3) is 0 Å². The van der Waals surface area contributed by atoms with E-state index in [4.69, 9.17) is 22.3 Å². The Morgan fingerprint density at radius 2 is 1.52 bits per heavy atom. The van der Waals surface area contributed by atoms with E-state index in [9.17, 15) is 24.3 Å². The minimum Gasteiger partial charge on any atom is -0.480 e. The number of carbonyl (C=O) groups is 4. The summed E-state index contributed by atoms with van der Waals surface area (Å²) in [6.45, 7) is 4.62. The molecule has 0 heterocycles. The number of hydrogen-bond donors (Lipinski definition) is 8. The summed E-state index contributed by atoms with van der Waals surface area (Å²) in [6, 6.07) is -4.45. The van der Waals surface area contributed by atoms with E-state index in [-0.39, 0.29) is 31.3 Å². The Morgan fingerprint density at radius 1 is 0.935 bits per heavy atom. The zero-order valence-corrected chi connectivity index (χ0v) is 18.1. The standard InChI is InChI=1S/C18H35N7O6/c1-9(2)7-13(17(30)31)25-16(29)12(5-4-6-22-18(20)21)24-14(27)10(3)23-15(28)11(19)8-26/h9-13,26H,4-8,19H2,1-3H3,(H,23,28)(H,24,27)(H,25,29)(H,30,31)(H4,20,21,22). The van der Waals surface area contributed by atoms with Crippen LogP contribution < -0.4 is 33.2 Å². The number of carboxylic acid groups (broad SMARTS) is 1. The van der Waals surface area contributed by atoms with Gasteiger partial charge in [-0.3, -0.25) is 19.4 Å². The molecule has 31 heavy (non-hydrogen) atoms. The molecule has 11 N–H and O–H groups in total. The Morgan fingerprint density at radius 3 is 2.00 bits per heavy atom. The van der Waals surface area contributed by atoms with Crippen LogP contribution in [-0.2, 0) is 19.2 Å². The van der Waals surface area contributed by atoms with Gasteiger partial charge in [0, 0.05) is 6.54 Å². The van der Waals surface area contributed by atoms with Gasteiger partial charge >= 0.3 is 5.97 Å². The molecule has 3 amide bonds. The molecule has 178 valence electrons. The third kappa shape index (κ3) is 11.7. The minimum absolute atomic E-state index is 0.0160. The van der Waals surface area contributed by atoms with Gasteiger partial charge in [-0.25, -0.2) is 4.79 Å². The summed E-state index contributed by atoms with van der Waals surface area (Å²) in [7, 11) is 0. The average molecular weight is 446 g/mol. The summed E-state index contributed by atoms with van der Waals surface area (Å²) >= 11 is 0. The molecule has 0 aromatic carbocycles. The second-order valence-electron chi connectivity index (χ2n) is 7.56. The number of aliphatic hydroxyl groups is 1. The molecule has 0 aliphatic carbocycles. The number of nitrogens with one attached hydrogen (secondary N) is 3. The number of amides is 3. The first-order chi connectivity index (χ1) is 14.4. The molecule has 4 unspecified atom stereocenters. The Bertz CT molecular complexity index is 651. The van der Waals surface area contributed by atoms with E-state index in [1.807, 2.05) is 13.8 Å². The SMILES string of the molecule is CC(C)CC(NC(=O)C(CCCN=C(N)N)NC(=O)C(C)NC(=O)C(N)CO)C(=O)O. The number of guanidine groups is 1. The molecular formula is C18H35N7O6. The summed E-state index contributed by atoms with van der Waals surface area (Å²) in [5.74, 6) is -3.40. The van der Waals surface area contributed by atoms with Crippen molar-refractivity contribution in [1.82, 2.24) is 16.0 Å². The molecule has 0 radical (unpaired) electrons. The normalized spacial score (nSPS) is 14.6. The van der Waals surface area contributed by atoms with Crippen molar-refractivity contribution in [2.24, 2.45) is 28.1 Å². The number of hydrogen-bond acceptors (Lipinski definition) is 7. The number of carboxylic acids is 1. The van der Waals surface area contributed by atoms with E-state index in [1.54, 1.807) is 0 Å². The van der Waals surface area contributed by atoms with Gasteiger partial charge in [0.15, 0.2) is 5.96 Å². The summed E-state index contributed by atoms with van der Waals surface area (Å²) in [5.41, 5.74) is 15.9. The first kappa shape index (κ1) is 28.1. The van der Waals surface area contributed by atoms with Crippen molar-refractivity contribution < 1.29 is 29.4 Å². The molecule has 0 spiro atoms. The smallest absolute Gasteiger partial charge is 0.326 e. The second kappa shape index (κ2) is 14.1. The largest absolute Gasteiger partial charge is 0.480 e. The van der Waals surface area contributed by atoms with Gasteiger partial charge in [0.2, 0.25) is 17.7 Å². The number of aliphatic hydroxyl groups excluding tert-OH is 1. The van der Waals surface area contributed by atoms with Gasteiger partial charge in [-0.1, -0.05) is 13.8 Å². The Labute approximate surface area is 181 Å². The van der Waals surface area contributed by atoms with Crippen molar-refractivity contribution in [2.75, 3.05) is 13.2 Å². The molecule has 4 atom stereocenters. The molecule has 0 aromatic rings. The van der Waals surface area contributed by atoms with Crippen LogP contribution in [0.5, 0.6) is 0 Å². The van der Waals surface area contributed by atoms with E-state index >= 15 is 0 Å². The van der Waals surface area contributed by atoms with Crippen LogP contribution in [0, 0.1) is 5.92 Å². The van der Waals surface area contributed by atoms with Crippen molar-refractivity contribution in [3.8, 4) is 0 Å². The van der Waals surface area contributed by atoms with E-state index in [2.05, 4.69) is 20.9 Å². The molecule has 0 saturated heterocycles. The monoisotopic (exact) mass is 445 g/mol. The number of nitrogens with zero attached hydrogens (tertiary/aromatic N) is 1. The number of carbonyl (C=O) groups excluding carboxylic acids is 3. The second-order valence-corrected chi connectivity index (χ2v) is 7.56. The first-order valence-corrected chi connectivity index (χ1v) is 9.94. The van der Waals surface area contributed by atoms with E-state index < -0.39 is 54.5 Å². The van der Waals surface area contributed by atoms with E-state index in [0.717, 1.165) is 0 Å². The fraction of sp³-hybridized carbons (Fsp3) is 0.722. The summed E-state index contributed by atoms with van der Waals surface area (Å²) in [5, 5.41) is 25.5. The molecule has 0 aromatic heterocycles. The van der Waals surface area contributed by atoms with E-state index in [0.29, 0.717) is 6.42 Å². The lowest BCUT2D eigenvalue weighted by atomic mass is 10.0. The zero-order valence-electron chi connectivity index (χ0n) is 18.1. The van der Waals surface area contributed by atoms with Gasteiger partial charge in [0.05, 0.1) is 6.61 Å². The Hall–Kier alpha value is -2.93. The first-order valence-electron chi connectivity index (χ1n) is 9.94. The van der Waals surface area contributed by atoms with Gasteiger partial charge in [-0.2, -0.15) is 0 Å². The van der Waals surface area contributed by atoms with Crippen LogP contribution in [0.15, 0.2) is 4.99 Å². The lowest BCUT2D eigenvalue weighted by molar-refractivity contribution is -0.142. The molecule has 0 aliphatic heterocycles. The van der Waals surface area contributed by atoms with Gasteiger partial charge in [0.1, 0.15) is 24.2 Å². The fourth-order valence-corrected chi connectivity index (χ4v) is 2.50. The maximum atomic E-state index is 12.7. The maximum absolute atomic E-state index is 12.7. The van der Waals surface area contributed by atoms with Crippen molar-refractivity contribution in [3.63, 3.8) is 0 Å². The van der Waals surface area contributed by atoms with Crippen molar-refractivity contribution in [2.45, 2.75) is 64.2 Å². The van der Waals surface area contributed by atoms with Crippen LogP contribution in [0.3, 0.4) is 0 Å². The van der Waals surface area contributed by atoms with Gasteiger partial charge in [-0.05, 0) is 32.1 Å². The molecular weight excluding hydrogens is 410 g/mol. The summed E-state index contributed by atoms with van der Waals surface area (Å²) in [4.78, 5) is 52.1. The van der Waals surface area contributed by atoms with Crippen LogP contribution in [0.4, 0.5) is 0 Å². The molecule has 0 fully saturated rings. The van der Waals surface area contributed by atoms with E-state index in [1.165, 1.54) is 6.92 Å². The highest BCUT2D eigenvalue weighted by molar-refractivity contribution is 5.93. The van der Waals surface area contributed by atoms with Crippen LogP contribution >= 0.6 is 0 Å². The highest BCUT2D eigenvalue weighted by Gasteiger charge is 2.28. The average Bonchev–Trinajstić information content (AvgIpc) is 2.67. The lowest BCUT2D eigenvalue weighted by Crippen LogP contribution is -2.56. The Kier molecular flexibility index (Phi) is 12.8. The summed E-state index contributed by atoms with van der Waals surface area (Å²) < 4.78 is 0. The van der Waals surface area contributed by atoms with Crippen molar-refractivity contribution >= 4 is 29.7 Å². The van der Waals surface area contributed by atoms with Crippen LogP contribution in [-0.4, -0.2) is 77.2 Å². The topological polar surface area (TPSA) is 235 Å². The van der Waals surface area contributed by atoms with Crippen LogP contribution in [0.25, 0.3) is 0 Å². The predicted molar refractivity (Wildman–Crippen MR) is 114 cm³/mol. The quantitative estimate of drug-likeness (QED) is 0.0769. The van der Waals surface area contributed by atoms with Crippen LogP contribution in [0.1, 0.15) is 40.0 Å². The summed E-state index contributed by atoms with van der Waals surface area (Å²) in [6.07, 6.45) is 0.661. The number of rotatable bonds is 14. The highest BCUT2D eigenvalue weighted by atomic mass is 16.4. The zero-order chi connectivity index (χ0) is 24.1. The predicted octanol–water partition coefficient (Wildman–Crippen LogP) is -3.04. The number of nitrogens with two attached hydrogens (primary N) is 3. The van der Waals surface area contributed by atoms with Gasteiger partial charge < -0.3 is 43.4 Å². The third-order valence-corrected chi connectivity index (χ3v) is 4.19. The molecule has 0 bridgehead atoms. The third-order valence-electron chi connectivity index (χ3n) is 4.19. The van der Waals surface area contributed by atoms with Gasteiger partial charge in [-0.15, -0.1) is 0 Å². The highest BCUT2D eigenvalue weighted by Crippen LogP contribution is 2.07. The molecule has 0 saturated carbocycles. The van der Waals surface area contributed by atoms with Crippen molar-refractivity contribution in [1.29, 1.82) is 0 Å². The Balaban J connectivity index is 5.23. The lowest BCUT2D eigenvalue weighted by Gasteiger charge is -2.24. The fourth-order valence-electron chi connectivity index (χ4n) is 2.50. The van der Waals surface area contributed by atoms with Crippen molar-refractivity contribution in [3.05, 3.63) is 0 Å².